The summed E-state index contributed by atoms with van der Waals surface area (Å²) in [6.45, 7) is 5.66. The van der Waals surface area contributed by atoms with E-state index in [0.717, 1.165) is 32.0 Å². The number of anilines is 1. The number of carbonyl (C=O) groups excluding carboxylic acids is 1. The van der Waals surface area contributed by atoms with E-state index in [0.29, 0.717) is 6.54 Å². The van der Waals surface area contributed by atoms with Gasteiger partial charge >= 0.3 is 0 Å². The first-order chi connectivity index (χ1) is 8.99. The molecule has 19 heavy (non-hydrogen) atoms. The number of rotatable bonds is 4. The molecule has 2 heterocycles. The molecule has 0 radical (unpaired) electrons. The van der Waals surface area contributed by atoms with Crippen LogP contribution in [0.3, 0.4) is 0 Å². The zero-order valence-electron chi connectivity index (χ0n) is 11.2. The Morgan fingerprint density at radius 2 is 2.05 bits per heavy atom. The van der Waals surface area contributed by atoms with Crippen molar-refractivity contribution in [1.29, 1.82) is 0 Å². The van der Waals surface area contributed by atoms with Crippen LogP contribution in [0.25, 0.3) is 0 Å². The van der Waals surface area contributed by atoms with Crippen LogP contribution in [0.2, 0.25) is 0 Å². The van der Waals surface area contributed by atoms with Gasteiger partial charge in [0.25, 0.3) is 0 Å². The smallest absolute Gasteiger partial charge is 0.238 e. The molecule has 0 saturated carbocycles. The molecule has 0 aliphatic carbocycles. The van der Waals surface area contributed by atoms with Gasteiger partial charge in [-0.15, -0.1) is 0 Å². The Hall–Kier alpha value is -1.66. The van der Waals surface area contributed by atoms with E-state index in [2.05, 4.69) is 14.8 Å². The molecular formula is C13H21N5O. The van der Waals surface area contributed by atoms with Crippen molar-refractivity contribution in [1.82, 2.24) is 9.88 Å². The predicted molar refractivity (Wildman–Crippen MR) is 74.7 cm³/mol. The molecule has 0 bridgehead atoms. The van der Waals surface area contributed by atoms with Crippen molar-refractivity contribution in [3.8, 4) is 0 Å². The van der Waals surface area contributed by atoms with E-state index in [9.17, 15) is 4.79 Å². The summed E-state index contributed by atoms with van der Waals surface area (Å²) >= 11 is 0. The lowest BCUT2D eigenvalue weighted by Crippen LogP contribution is -2.59. The molecule has 1 aromatic rings. The molecule has 4 N–H and O–H groups in total. The van der Waals surface area contributed by atoms with Crippen LogP contribution in [0.15, 0.2) is 24.4 Å². The predicted octanol–water partition coefficient (Wildman–Crippen LogP) is -0.594. The van der Waals surface area contributed by atoms with Crippen molar-refractivity contribution in [3.63, 3.8) is 0 Å². The highest BCUT2D eigenvalue weighted by Gasteiger charge is 2.30. The van der Waals surface area contributed by atoms with Gasteiger partial charge in [0.15, 0.2) is 0 Å². The molecule has 0 spiro atoms. The van der Waals surface area contributed by atoms with E-state index in [4.69, 9.17) is 11.5 Å². The van der Waals surface area contributed by atoms with E-state index in [1.165, 1.54) is 0 Å². The van der Waals surface area contributed by atoms with Crippen molar-refractivity contribution >= 4 is 11.7 Å². The Kier molecular flexibility index (Phi) is 4.01. The largest absolute Gasteiger partial charge is 0.368 e. The Morgan fingerprint density at radius 1 is 1.37 bits per heavy atom. The maximum atomic E-state index is 11.2. The third kappa shape index (κ3) is 3.42. The van der Waals surface area contributed by atoms with Gasteiger partial charge in [0.1, 0.15) is 11.4 Å². The quantitative estimate of drug-likeness (QED) is 0.758. The normalized spacial score (nSPS) is 20.0. The Balaban J connectivity index is 1.88. The second kappa shape index (κ2) is 5.54. The number of hydrogen-bond donors (Lipinski definition) is 2. The van der Waals surface area contributed by atoms with Crippen molar-refractivity contribution in [2.24, 2.45) is 11.5 Å². The van der Waals surface area contributed by atoms with Gasteiger partial charge in [-0.2, -0.15) is 0 Å². The molecule has 1 unspecified atom stereocenters. The van der Waals surface area contributed by atoms with Crippen molar-refractivity contribution in [2.45, 2.75) is 12.5 Å². The summed E-state index contributed by atoms with van der Waals surface area (Å²) in [5.74, 6) is 0.534. The average Bonchev–Trinajstić information content (AvgIpc) is 2.40. The van der Waals surface area contributed by atoms with Crippen LogP contribution < -0.4 is 16.4 Å². The second-order valence-corrected chi connectivity index (χ2v) is 5.23. The van der Waals surface area contributed by atoms with E-state index < -0.39 is 11.4 Å². The fourth-order valence-corrected chi connectivity index (χ4v) is 2.22. The van der Waals surface area contributed by atoms with Gasteiger partial charge in [0.2, 0.25) is 5.91 Å². The molecule has 104 valence electrons. The first-order valence-corrected chi connectivity index (χ1v) is 6.46. The fraction of sp³-hybridized carbons (Fsp3) is 0.538. The zero-order chi connectivity index (χ0) is 13.9. The fourth-order valence-electron chi connectivity index (χ4n) is 2.22. The van der Waals surface area contributed by atoms with Gasteiger partial charge in [0, 0.05) is 38.9 Å². The molecule has 0 aromatic carbocycles. The number of pyridine rings is 1. The molecule has 1 aliphatic heterocycles. The Morgan fingerprint density at radius 3 is 2.58 bits per heavy atom. The molecule has 6 nitrogen and oxygen atoms in total. The van der Waals surface area contributed by atoms with Crippen molar-refractivity contribution < 1.29 is 4.79 Å². The lowest BCUT2D eigenvalue weighted by molar-refractivity contribution is -0.123. The minimum atomic E-state index is -0.965. The SMILES string of the molecule is CC(N)(CN1CCN(c2ccccn2)CC1)C(N)=O. The summed E-state index contributed by atoms with van der Waals surface area (Å²) < 4.78 is 0. The number of piperazine rings is 1. The molecule has 1 atom stereocenters. The van der Waals surface area contributed by atoms with Crippen LogP contribution in [0.1, 0.15) is 6.92 Å². The summed E-state index contributed by atoms with van der Waals surface area (Å²) in [6, 6.07) is 5.90. The highest BCUT2D eigenvalue weighted by Crippen LogP contribution is 2.13. The third-order valence-corrected chi connectivity index (χ3v) is 3.46. The summed E-state index contributed by atoms with van der Waals surface area (Å²) in [5, 5.41) is 0. The topological polar surface area (TPSA) is 88.5 Å². The molecular weight excluding hydrogens is 242 g/mol. The van der Waals surface area contributed by atoms with Gasteiger partial charge in [0.05, 0.1) is 0 Å². The minimum absolute atomic E-state index is 0.459. The van der Waals surface area contributed by atoms with Crippen LogP contribution in [0.5, 0.6) is 0 Å². The van der Waals surface area contributed by atoms with E-state index in [-0.39, 0.29) is 0 Å². The van der Waals surface area contributed by atoms with Crippen LogP contribution in [-0.4, -0.2) is 54.1 Å². The lowest BCUT2D eigenvalue weighted by Gasteiger charge is -2.38. The Labute approximate surface area is 113 Å². The first-order valence-electron chi connectivity index (χ1n) is 6.46. The Bertz CT molecular complexity index is 426. The zero-order valence-corrected chi connectivity index (χ0v) is 11.2. The van der Waals surface area contributed by atoms with Gasteiger partial charge in [-0.3, -0.25) is 9.69 Å². The highest BCUT2D eigenvalue weighted by atomic mass is 16.1. The van der Waals surface area contributed by atoms with E-state index in [1.54, 1.807) is 13.1 Å². The van der Waals surface area contributed by atoms with E-state index >= 15 is 0 Å². The highest BCUT2D eigenvalue weighted by molar-refractivity contribution is 5.84. The standard InChI is InChI=1S/C13H21N5O/c1-13(15,12(14)19)10-17-6-8-18(9-7-17)11-4-2-3-5-16-11/h2-5H,6-10,15H2,1H3,(H2,14,19). The maximum Gasteiger partial charge on any atom is 0.238 e. The average molecular weight is 263 g/mol. The molecule has 2 rings (SSSR count). The monoisotopic (exact) mass is 263 g/mol. The number of hydrogen-bond acceptors (Lipinski definition) is 5. The molecule has 1 aliphatic rings. The first kappa shape index (κ1) is 13.8. The number of nitrogens with two attached hydrogens (primary N) is 2. The van der Waals surface area contributed by atoms with Gasteiger partial charge in [-0.1, -0.05) is 6.07 Å². The summed E-state index contributed by atoms with van der Waals surface area (Å²) in [6.07, 6.45) is 1.80. The molecule has 1 aromatic heterocycles. The summed E-state index contributed by atoms with van der Waals surface area (Å²) in [4.78, 5) is 20.0. The molecule has 1 amide bonds. The molecule has 1 fully saturated rings. The number of carbonyl (C=O) groups is 1. The summed E-state index contributed by atoms with van der Waals surface area (Å²) in [7, 11) is 0. The molecule has 1 saturated heterocycles. The number of primary amides is 1. The third-order valence-electron chi connectivity index (χ3n) is 3.46. The van der Waals surface area contributed by atoms with Crippen molar-refractivity contribution in [3.05, 3.63) is 24.4 Å². The van der Waals surface area contributed by atoms with Crippen LogP contribution in [-0.2, 0) is 4.79 Å². The molecule has 6 heteroatoms. The minimum Gasteiger partial charge on any atom is -0.368 e. The number of aromatic nitrogens is 1. The van der Waals surface area contributed by atoms with Crippen LogP contribution in [0, 0.1) is 0 Å². The van der Waals surface area contributed by atoms with Gasteiger partial charge in [-0.25, -0.2) is 4.98 Å². The number of nitrogens with zero attached hydrogens (tertiary/aromatic N) is 3. The number of amides is 1. The maximum absolute atomic E-state index is 11.2. The van der Waals surface area contributed by atoms with Crippen molar-refractivity contribution in [2.75, 3.05) is 37.6 Å². The second-order valence-electron chi connectivity index (χ2n) is 5.23. The summed E-state index contributed by atoms with van der Waals surface area (Å²) in [5.41, 5.74) is 10.2. The van der Waals surface area contributed by atoms with Crippen LogP contribution in [0.4, 0.5) is 5.82 Å². The van der Waals surface area contributed by atoms with Gasteiger partial charge in [-0.05, 0) is 19.1 Å². The van der Waals surface area contributed by atoms with Gasteiger partial charge < -0.3 is 16.4 Å². The lowest BCUT2D eigenvalue weighted by atomic mass is 10.0. The van der Waals surface area contributed by atoms with Crippen LogP contribution >= 0.6 is 0 Å². The van der Waals surface area contributed by atoms with E-state index in [1.807, 2.05) is 18.2 Å².